The number of aliphatic hydroxyl groups excluding tert-OH is 2. The number of Topliss-reactive ketones (excluding diaryl/α,β-unsaturated/α-hetero) is 1. The minimum atomic E-state index is -1.97. The molecule has 384 valence electrons. The van der Waals surface area contributed by atoms with E-state index in [1.807, 2.05) is 6.92 Å². The van der Waals surface area contributed by atoms with Crippen LogP contribution in [0.5, 0.6) is 17.2 Å². The van der Waals surface area contributed by atoms with Gasteiger partial charge in [-0.3, -0.25) is 24.4 Å². The number of amides is 1. The number of hydrogen-bond donors (Lipinski definition) is 6. The zero-order valence-corrected chi connectivity index (χ0v) is 42.7. The molecule has 70 heavy (non-hydrogen) atoms. The number of methoxy groups -OCH3 is 1. The Kier molecular flexibility index (Phi) is 16.5. The van der Waals surface area contributed by atoms with Crippen LogP contribution in [-0.4, -0.2) is 143 Å². The number of ether oxygens (including phenoxy) is 4. The molecule has 6 heterocycles. The number of ketones is 1. The number of piperidine rings is 2. The molecule has 6 aliphatic rings. The lowest BCUT2D eigenvalue weighted by atomic mass is 9.78. The first kappa shape index (κ1) is 52.9. The Hall–Kier alpha value is -4.91. The number of phenols is 2. The normalized spacial score (nSPS) is 31.6. The molecule has 9 atom stereocenters. The van der Waals surface area contributed by atoms with E-state index in [-0.39, 0.29) is 61.9 Å². The van der Waals surface area contributed by atoms with Gasteiger partial charge in [0.1, 0.15) is 28.6 Å². The molecule has 2 saturated heterocycles. The van der Waals surface area contributed by atoms with E-state index in [1.165, 1.54) is 26.7 Å². The van der Waals surface area contributed by atoms with Gasteiger partial charge in [0.05, 0.1) is 47.4 Å². The third-order valence-corrected chi connectivity index (χ3v) is 15.2. The smallest absolute Gasteiger partial charge is 0.320 e. The fourth-order valence-corrected chi connectivity index (χ4v) is 10.8. The number of aromatic hydroxyl groups is 2. The third-order valence-electron chi connectivity index (χ3n) is 15.2. The largest absolute Gasteiger partial charge is 0.507 e. The lowest BCUT2D eigenvalue weighted by Gasteiger charge is -2.38. The molecule has 0 aromatic heterocycles. The number of benzene rings is 2. The molecule has 0 aliphatic carbocycles. The molecule has 17 heteroatoms. The van der Waals surface area contributed by atoms with Gasteiger partial charge in [-0.05, 0) is 51.8 Å². The molecule has 8 rings (SSSR count). The van der Waals surface area contributed by atoms with E-state index in [4.69, 9.17) is 28.9 Å². The molecule has 17 nitrogen and oxygen atoms in total. The van der Waals surface area contributed by atoms with Gasteiger partial charge in [-0.1, -0.05) is 66.2 Å². The Balaban J connectivity index is 1.29. The van der Waals surface area contributed by atoms with Gasteiger partial charge in [-0.15, -0.1) is 0 Å². The van der Waals surface area contributed by atoms with Crippen LogP contribution in [0.4, 0.5) is 5.69 Å². The summed E-state index contributed by atoms with van der Waals surface area (Å²) in [7, 11) is 1.49. The van der Waals surface area contributed by atoms with Crippen LogP contribution < -0.4 is 26.1 Å². The van der Waals surface area contributed by atoms with E-state index < -0.39 is 82.9 Å². The summed E-state index contributed by atoms with van der Waals surface area (Å²) in [6.07, 6.45) is 8.57. The van der Waals surface area contributed by atoms with Gasteiger partial charge in [-0.25, -0.2) is 0 Å². The van der Waals surface area contributed by atoms with E-state index in [2.05, 4.69) is 34.3 Å². The van der Waals surface area contributed by atoms with Gasteiger partial charge >= 0.3 is 11.8 Å². The third kappa shape index (κ3) is 10.8. The first-order valence-electron chi connectivity index (χ1n) is 25.2. The molecule has 1 spiro atoms. The number of nitrogens with zero attached hydrogens (tertiary/aromatic N) is 4. The molecule has 1 amide bonds. The van der Waals surface area contributed by atoms with Crippen molar-refractivity contribution in [2.45, 2.75) is 130 Å². The maximum Gasteiger partial charge on any atom is 0.320 e. The fourth-order valence-electron chi connectivity index (χ4n) is 10.8. The highest BCUT2D eigenvalue weighted by Gasteiger charge is 2.50. The van der Waals surface area contributed by atoms with E-state index >= 15 is 0 Å². The van der Waals surface area contributed by atoms with Crippen molar-refractivity contribution in [1.29, 1.82) is 0 Å². The summed E-state index contributed by atoms with van der Waals surface area (Å²) >= 11 is 0. The first-order valence-corrected chi connectivity index (χ1v) is 25.2. The number of aliphatic hydroxyl groups is 2. The van der Waals surface area contributed by atoms with Crippen molar-refractivity contribution >= 4 is 34.1 Å². The number of allylic oxidation sites excluding steroid dienone is 2. The van der Waals surface area contributed by atoms with Gasteiger partial charge in [0.25, 0.3) is 11.7 Å². The average Bonchev–Trinajstić information content (AvgIpc) is 3.84. The number of nitrogens with one attached hydrogen (secondary N) is 2. The maximum atomic E-state index is 14.9. The molecule has 0 saturated carbocycles. The summed E-state index contributed by atoms with van der Waals surface area (Å²) in [5.74, 6) is -6.51. The lowest BCUT2D eigenvalue weighted by Crippen LogP contribution is -2.47. The number of fused-ring (bicyclic) bond motifs is 13. The topological polar surface area (TPSA) is 224 Å². The second-order valence-electron chi connectivity index (χ2n) is 20.9. The number of carbonyl (C=O) groups excluding carboxylic acids is 3. The van der Waals surface area contributed by atoms with Crippen LogP contribution in [0, 0.1) is 36.5 Å². The van der Waals surface area contributed by atoms with Crippen LogP contribution in [-0.2, 0) is 23.8 Å². The molecule has 6 N–H and O–H groups in total. The Morgan fingerprint density at radius 1 is 0.914 bits per heavy atom. The monoisotopic (exact) mass is 973 g/mol. The summed E-state index contributed by atoms with van der Waals surface area (Å²) in [5.41, 5.74) is -0.575. The number of anilines is 1. The molecule has 5 bridgehead atoms. The van der Waals surface area contributed by atoms with Gasteiger partial charge in [-0.2, -0.15) is 0 Å². The highest BCUT2D eigenvalue weighted by atomic mass is 16.7. The number of carbonyl (C=O) groups is 3. The molecule has 2 aromatic rings. The zero-order chi connectivity index (χ0) is 50.8. The van der Waals surface area contributed by atoms with Crippen molar-refractivity contribution in [3.8, 4) is 17.2 Å². The Morgan fingerprint density at radius 2 is 1.60 bits per heavy atom. The highest BCUT2D eigenvalue weighted by molar-refractivity contribution is 6.19. The van der Waals surface area contributed by atoms with E-state index in [9.17, 15) is 34.8 Å². The Bertz CT molecular complexity index is 2510. The van der Waals surface area contributed by atoms with Crippen molar-refractivity contribution in [1.82, 2.24) is 15.1 Å². The number of likely N-dealkylation sites (tertiary alicyclic amines) is 2. The van der Waals surface area contributed by atoms with Gasteiger partial charge in [0.2, 0.25) is 0 Å². The van der Waals surface area contributed by atoms with Gasteiger partial charge < -0.3 is 59.8 Å². The molecule has 2 aromatic carbocycles. The Morgan fingerprint density at radius 3 is 2.27 bits per heavy atom. The molecule has 6 aliphatic heterocycles. The Labute approximate surface area is 411 Å². The van der Waals surface area contributed by atoms with Crippen LogP contribution in [0.25, 0.3) is 10.8 Å². The molecule has 0 unspecified atom stereocenters. The summed E-state index contributed by atoms with van der Waals surface area (Å²) < 4.78 is 24.7. The zero-order valence-electron chi connectivity index (χ0n) is 42.7. The maximum absolute atomic E-state index is 14.9. The molecule has 2 fully saturated rings. The van der Waals surface area contributed by atoms with Gasteiger partial charge in [0.15, 0.2) is 11.4 Å². The van der Waals surface area contributed by atoms with Crippen LogP contribution in [0.3, 0.4) is 0 Å². The summed E-state index contributed by atoms with van der Waals surface area (Å²) in [5, 5.41) is 54.2. The van der Waals surface area contributed by atoms with Crippen molar-refractivity contribution < 1.29 is 53.8 Å². The second-order valence-corrected chi connectivity index (χ2v) is 20.9. The minimum absolute atomic E-state index is 0.0379. The summed E-state index contributed by atoms with van der Waals surface area (Å²) in [6.45, 7) is 21.8. The predicted molar refractivity (Wildman–Crippen MR) is 265 cm³/mol. The van der Waals surface area contributed by atoms with Crippen molar-refractivity contribution in [3.63, 3.8) is 0 Å². The lowest BCUT2D eigenvalue weighted by molar-refractivity contribution is -0.162. The van der Waals surface area contributed by atoms with Crippen molar-refractivity contribution in [2.24, 2.45) is 39.6 Å². The SMILES string of the molecule is CO[C@H]1/C=C/O[C@@]2(C)Oc3c(C)c(O)c4c(O)c(c5c(c4c3C2=O)=NC2(CCN(CC(C)C)CC2)N=5)NC(=O)/C(C)=C\C=C\[C@H](C)[C@H](O)[C@@H](C)[C@@H](O)[C@@H](C)[C@H](OC(=O)CNCCN2CCCCC2)[C@@H]1C. The van der Waals surface area contributed by atoms with Crippen molar-refractivity contribution in [3.05, 3.63) is 58.0 Å². The number of esters is 1. The quantitative estimate of drug-likeness (QED) is 0.113. The molecular formula is C53H76N6O11. The van der Waals surface area contributed by atoms with E-state index in [1.54, 1.807) is 58.9 Å². The van der Waals surface area contributed by atoms with Gasteiger partial charge in [0, 0.05) is 99.8 Å². The van der Waals surface area contributed by atoms with Crippen LogP contribution in [0.15, 0.2) is 46.1 Å². The average molecular weight is 973 g/mol. The molecular weight excluding hydrogens is 897 g/mol. The first-order chi connectivity index (χ1) is 33.2. The van der Waals surface area contributed by atoms with E-state index in [0.29, 0.717) is 38.4 Å². The number of hydrogen-bond acceptors (Lipinski definition) is 16. The van der Waals surface area contributed by atoms with Crippen LogP contribution in [0.2, 0.25) is 0 Å². The standard InChI is InChI=1S/C53H76N6O11/c1-29(2)28-59-23-18-53(19-24-59)56-41-38-39-46(63)35(8)49-40(38)50(65)52(9,70-49)68-26-17-36(67-10)32(5)48(69-37(60)27-54-20-25-58-21-12-11-13-22-58)34(7)45(62)33(6)44(61)30(3)15-14-16-31(4)51(66)55-43(47(39)64)42(41)57-53/h14-17,26,29-30,32-34,36,44-45,48,54,61-64H,11-13,18-25,27-28H2,1-10H3,(H,55,66)/b15-14+,26-17+,31-16-/t30-,32+,33+,34+,36-,44-,45+,48+,52-/m0/s1. The second kappa shape index (κ2) is 21.8. The summed E-state index contributed by atoms with van der Waals surface area (Å²) in [4.78, 5) is 57.6. The predicted octanol–water partition coefficient (Wildman–Crippen LogP) is 4.81. The summed E-state index contributed by atoms with van der Waals surface area (Å²) in [6, 6.07) is 0. The number of phenolic OH excluding ortho intramolecular Hbond substituents is 2. The minimum Gasteiger partial charge on any atom is -0.507 e. The molecule has 0 radical (unpaired) electrons. The fraction of sp³-hybridized carbons (Fsp3) is 0.642. The van der Waals surface area contributed by atoms with E-state index in [0.717, 1.165) is 39.0 Å². The number of rotatable bonds is 9. The van der Waals surface area contributed by atoms with Crippen LogP contribution in [0.1, 0.15) is 103 Å². The van der Waals surface area contributed by atoms with Crippen molar-refractivity contribution in [2.75, 3.05) is 64.8 Å². The van der Waals surface area contributed by atoms with Crippen LogP contribution >= 0.6 is 0 Å². The highest BCUT2D eigenvalue weighted by Crippen LogP contribution is 2.50.